The molecule has 8 aromatic rings. The Bertz CT molecular complexity index is 2460. The maximum atomic E-state index is 2.44. The number of rotatable bonds is 1. The SMILES string of the molecule is c1ccc2c(c1)-c1cc(-c3ccc4c(ccc5ccccc54)c3)ccc1C21c2ccccc2-c2cccc3cccc1c23. The summed E-state index contributed by atoms with van der Waals surface area (Å²) >= 11 is 0. The zero-order chi connectivity index (χ0) is 28.1. The first kappa shape index (κ1) is 23.1. The van der Waals surface area contributed by atoms with Gasteiger partial charge in [-0.05, 0) is 100 Å². The van der Waals surface area contributed by atoms with Crippen LogP contribution in [0.4, 0.5) is 0 Å². The second-order valence-corrected chi connectivity index (χ2v) is 12.0. The first-order valence-corrected chi connectivity index (χ1v) is 15.1. The molecule has 0 bridgehead atoms. The Kier molecular flexibility index (Phi) is 4.47. The number of fused-ring (bicyclic) bond motifs is 12. The summed E-state index contributed by atoms with van der Waals surface area (Å²) < 4.78 is 0. The number of hydrogen-bond donors (Lipinski definition) is 0. The molecule has 10 rings (SSSR count). The number of benzene rings is 8. The van der Waals surface area contributed by atoms with Crippen molar-refractivity contribution < 1.29 is 0 Å². The summed E-state index contributed by atoms with van der Waals surface area (Å²) in [5.41, 5.74) is 13.0. The standard InChI is InChI=1S/C43H26/c1-2-12-32-27(9-1)19-20-31-25-29(21-23-33(31)32)30-22-24-40-37(26-30)35-14-4-6-17-39(35)43(40)38-16-5-3-13-34(38)36-15-7-10-28-11-8-18-41(43)42(28)36/h1-26H. The van der Waals surface area contributed by atoms with Gasteiger partial charge in [-0.15, -0.1) is 0 Å². The fraction of sp³-hybridized carbons (Fsp3) is 0.0233. The van der Waals surface area contributed by atoms with Crippen LogP contribution < -0.4 is 0 Å². The van der Waals surface area contributed by atoms with Crippen molar-refractivity contribution in [3.63, 3.8) is 0 Å². The van der Waals surface area contributed by atoms with Crippen molar-refractivity contribution in [2.75, 3.05) is 0 Å². The zero-order valence-corrected chi connectivity index (χ0v) is 23.5. The van der Waals surface area contributed by atoms with Gasteiger partial charge in [-0.1, -0.05) is 146 Å². The molecule has 0 radical (unpaired) electrons. The van der Waals surface area contributed by atoms with E-state index >= 15 is 0 Å². The van der Waals surface area contributed by atoms with E-state index in [0.717, 1.165) is 0 Å². The van der Waals surface area contributed by atoms with E-state index in [1.165, 1.54) is 88.0 Å². The van der Waals surface area contributed by atoms with Crippen LogP contribution in [-0.4, -0.2) is 0 Å². The molecule has 43 heavy (non-hydrogen) atoms. The second-order valence-electron chi connectivity index (χ2n) is 12.0. The Labute approximate surface area is 250 Å². The van der Waals surface area contributed by atoms with Crippen LogP contribution in [0.1, 0.15) is 22.3 Å². The van der Waals surface area contributed by atoms with Gasteiger partial charge < -0.3 is 0 Å². The Balaban J connectivity index is 1.26. The van der Waals surface area contributed by atoms with Gasteiger partial charge in [0.25, 0.3) is 0 Å². The Morgan fingerprint density at radius 3 is 1.72 bits per heavy atom. The monoisotopic (exact) mass is 542 g/mol. The summed E-state index contributed by atoms with van der Waals surface area (Å²) in [6.45, 7) is 0. The molecule has 1 atom stereocenters. The lowest BCUT2D eigenvalue weighted by molar-refractivity contribution is 0.773. The summed E-state index contributed by atoms with van der Waals surface area (Å²) in [5, 5.41) is 7.84. The summed E-state index contributed by atoms with van der Waals surface area (Å²) in [6, 6.07) is 59.1. The van der Waals surface area contributed by atoms with Gasteiger partial charge in [0.2, 0.25) is 0 Å². The molecule has 0 aliphatic heterocycles. The third kappa shape index (κ3) is 2.90. The molecule has 0 saturated carbocycles. The molecule has 0 N–H and O–H groups in total. The van der Waals surface area contributed by atoms with Crippen molar-refractivity contribution >= 4 is 32.3 Å². The van der Waals surface area contributed by atoms with E-state index in [0.29, 0.717) is 0 Å². The molecule has 0 heteroatoms. The van der Waals surface area contributed by atoms with Crippen LogP contribution in [0.25, 0.3) is 65.7 Å². The van der Waals surface area contributed by atoms with Gasteiger partial charge in [0.15, 0.2) is 0 Å². The smallest absolute Gasteiger partial charge is 0.0619 e. The molecule has 1 unspecified atom stereocenters. The summed E-state index contributed by atoms with van der Waals surface area (Å²) in [5.74, 6) is 0. The largest absolute Gasteiger partial charge is 0.0725 e. The van der Waals surface area contributed by atoms with Crippen LogP contribution in [0, 0.1) is 0 Å². The Morgan fingerprint density at radius 2 is 0.860 bits per heavy atom. The van der Waals surface area contributed by atoms with Gasteiger partial charge in [0, 0.05) is 0 Å². The van der Waals surface area contributed by atoms with Crippen molar-refractivity contribution in [2.45, 2.75) is 5.41 Å². The Hall–Kier alpha value is -5.46. The van der Waals surface area contributed by atoms with Crippen LogP contribution in [0.15, 0.2) is 158 Å². The van der Waals surface area contributed by atoms with Crippen LogP contribution in [0.2, 0.25) is 0 Å². The van der Waals surface area contributed by atoms with Crippen molar-refractivity contribution in [3.8, 4) is 33.4 Å². The quantitative estimate of drug-likeness (QED) is 0.181. The molecule has 0 heterocycles. The average molecular weight is 543 g/mol. The highest BCUT2D eigenvalue weighted by Gasteiger charge is 2.49. The van der Waals surface area contributed by atoms with E-state index in [-0.39, 0.29) is 5.41 Å². The van der Waals surface area contributed by atoms with Crippen molar-refractivity contribution in [2.24, 2.45) is 0 Å². The average Bonchev–Trinajstić information content (AvgIpc) is 3.37. The normalized spacial score (nSPS) is 16.0. The minimum atomic E-state index is -0.364. The molecule has 2 aliphatic rings. The van der Waals surface area contributed by atoms with Crippen LogP contribution in [0.3, 0.4) is 0 Å². The van der Waals surface area contributed by atoms with E-state index in [1.807, 2.05) is 0 Å². The lowest BCUT2D eigenvalue weighted by Gasteiger charge is -2.40. The topological polar surface area (TPSA) is 0 Å². The van der Waals surface area contributed by atoms with Crippen LogP contribution in [0.5, 0.6) is 0 Å². The van der Waals surface area contributed by atoms with E-state index in [2.05, 4.69) is 158 Å². The lowest BCUT2D eigenvalue weighted by Crippen LogP contribution is -2.31. The summed E-state index contributed by atoms with van der Waals surface area (Å²) in [4.78, 5) is 0. The molecule has 1 spiro atoms. The summed E-state index contributed by atoms with van der Waals surface area (Å²) in [6.07, 6.45) is 0. The molecule has 0 amide bonds. The fourth-order valence-corrected chi connectivity index (χ4v) is 8.30. The van der Waals surface area contributed by atoms with Crippen LogP contribution >= 0.6 is 0 Å². The highest BCUT2D eigenvalue weighted by molar-refractivity contribution is 6.09. The molecule has 0 aromatic heterocycles. The van der Waals surface area contributed by atoms with Gasteiger partial charge in [-0.25, -0.2) is 0 Å². The molecular formula is C43H26. The van der Waals surface area contributed by atoms with Crippen molar-refractivity contribution in [1.29, 1.82) is 0 Å². The maximum Gasteiger partial charge on any atom is 0.0725 e. The van der Waals surface area contributed by atoms with Gasteiger partial charge in [0.05, 0.1) is 5.41 Å². The van der Waals surface area contributed by atoms with E-state index in [4.69, 9.17) is 0 Å². The van der Waals surface area contributed by atoms with E-state index in [9.17, 15) is 0 Å². The fourth-order valence-electron chi connectivity index (χ4n) is 8.30. The highest BCUT2D eigenvalue weighted by Crippen LogP contribution is 2.62. The van der Waals surface area contributed by atoms with E-state index < -0.39 is 0 Å². The maximum absolute atomic E-state index is 2.44. The molecule has 0 nitrogen and oxygen atoms in total. The first-order chi connectivity index (χ1) is 21.3. The molecule has 2 aliphatic carbocycles. The predicted molar refractivity (Wildman–Crippen MR) is 181 cm³/mol. The molecular weight excluding hydrogens is 516 g/mol. The molecule has 0 fully saturated rings. The van der Waals surface area contributed by atoms with Gasteiger partial charge in [-0.3, -0.25) is 0 Å². The van der Waals surface area contributed by atoms with Gasteiger partial charge in [0.1, 0.15) is 0 Å². The molecule has 198 valence electrons. The van der Waals surface area contributed by atoms with Crippen LogP contribution in [-0.2, 0) is 5.41 Å². The van der Waals surface area contributed by atoms with Crippen molar-refractivity contribution in [3.05, 3.63) is 180 Å². The Morgan fingerprint density at radius 1 is 0.302 bits per heavy atom. The lowest BCUT2D eigenvalue weighted by atomic mass is 9.61. The minimum Gasteiger partial charge on any atom is -0.0619 e. The molecule has 8 aromatic carbocycles. The summed E-state index contributed by atoms with van der Waals surface area (Å²) in [7, 11) is 0. The predicted octanol–water partition coefficient (Wildman–Crippen LogP) is 11.2. The van der Waals surface area contributed by atoms with E-state index in [1.54, 1.807) is 0 Å². The first-order valence-electron chi connectivity index (χ1n) is 15.1. The van der Waals surface area contributed by atoms with Gasteiger partial charge in [-0.2, -0.15) is 0 Å². The number of hydrogen-bond acceptors (Lipinski definition) is 0. The third-order valence-corrected chi connectivity index (χ3v) is 10.1. The highest BCUT2D eigenvalue weighted by atomic mass is 14.5. The molecule has 0 saturated heterocycles. The third-order valence-electron chi connectivity index (χ3n) is 10.1. The minimum absolute atomic E-state index is 0.364. The van der Waals surface area contributed by atoms with Crippen molar-refractivity contribution in [1.82, 2.24) is 0 Å². The zero-order valence-electron chi connectivity index (χ0n) is 23.5. The van der Waals surface area contributed by atoms with Gasteiger partial charge >= 0.3 is 0 Å². The second kappa shape index (κ2) is 8.31.